The van der Waals surface area contributed by atoms with Crippen LogP contribution in [0.1, 0.15) is 36.8 Å². The second-order valence-electron chi connectivity index (χ2n) is 5.61. The van der Waals surface area contributed by atoms with Crippen LogP contribution in [0.15, 0.2) is 30.5 Å². The molecule has 1 heterocycles. The zero-order valence-corrected chi connectivity index (χ0v) is 12.4. The van der Waals surface area contributed by atoms with Crippen molar-refractivity contribution >= 4 is 5.78 Å². The van der Waals surface area contributed by atoms with E-state index in [4.69, 9.17) is 0 Å². The van der Waals surface area contributed by atoms with Gasteiger partial charge in [0.2, 0.25) is 0 Å². The van der Waals surface area contributed by atoms with Crippen LogP contribution in [-0.4, -0.2) is 10.4 Å². The molecule has 0 amide bonds. The third-order valence-corrected chi connectivity index (χ3v) is 3.42. The van der Waals surface area contributed by atoms with Gasteiger partial charge in [-0.1, -0.05) is 26.0 Å². The summed E-state index contributed by atoms with van der Waals surface area (Å²) in [5.74, 6) is 0.280. The second-order valence-corrected chi connectivity index (χ2v) is 5.61. The third-order valence-electron chi connectivity index (χ3n) is 3.42. The summed E-state index contributed by atoms with van der Waals surface area (Å²) < 4.78 is 15.2. The highest BCUT2D eigenvalue weighted by atomic mass is 19.1. The molecule has 0 spiro atoms. The highest BCUT2D eigenvalue weighted by Gasteiger charge is 2.18. The molecule has 1 aromatic carbocycles. The first kappa shape index (κ1) is 14.5. The van der Waals surface area contributed by atoms with Gasteiger partial charge in [-0.3, -0.25) is 4.79 Å². The molecular weight excluding hydrogens is 253 g/mol. The standard InChI is InChI=1S/C17H20FNO/c1-11(2)9-19-10-16(17(12(19)3)13(4)20)14-5-7-15(18)8-6-14/h5-8,10-11H,9H2,1-4H3. The molecule has 0 N–H and O–H groups in total. The summed E-state index contributed by atoms with van der Waals surface area (Å²) in [6.45, 7) is 8.70. The lowest BCUT2D eigenvalue weighted by atomic mass is 10.0. The lowest BCUT2D eigenvalue weighted by molar-refractivity contribution is 0.101. The topological polar surface area (TPSA) is 22.0 Å². The third kappa shape index (κ3) is 2.82. The number of carbonyl (C=O) groups is 1. The van der Waals surface area contributed by atoms with Crippen LogP contribution in [0.4, 0.5) is 4.39 Å². The van der Waals surface area contributed by atoms with Crippen LogP contribution in [0.5, 0.6) is 0 Å². The van der Waals surface area contributed by atoms with Gasteiger partial charge in [-0.15, -0.1) is 0 Å². The van der Waals surface area contributed by atoms with Crippen LogP contribution in [0, 0.1) is 18.7 Å². The first-order valence-electron chi connectivity index (χ1n) is 6.86. The van der Waals surface area contributed by atoms with Gasteiger partial charge in [0, 0.05) is 29.6 Å². The van der Waals surface area contributed by atoms with Crippen LogP contribution in [0.3, 0.4) is 0 Å². The van der Waals surface area contributed by atoms with Crippen molar-refractivity contribution in [2.45, 2.75) is 34.2 Å². The van der Waals surface area contributed by atoms with Crippen molar-refractivity contribution in [3.8, 4) is 11.1 Å². The summed E-state index contributed by atoms with van der Waals surface area (Å²) in [5.41, 5.74) is 3.47. The number of carbonyl (C=O) groups excluding carboxylic acids is 1. The maximum Gasteiger partial charge on any atom is 0.162 e. The van der Waals surface area contributed by atoms with Crippen molar-refractivity contribution < 1.29 is 9.18 Å². The van der Waals surface area contributed by atoms with Gasteiger partial charge in [-0.2, -0.15) is 0 Å². The van der Waals surface area contributed by atoms with Crippen molar-refractivity contribution in [3.05, 3.63) is 47.5 Å². The quantitative estimate of drug-likeness (QED) is 0.754. The van der Waals surface area contributed by atoms with Gasteiger partial charge in [0.1, 0.15) is 5.82 Å². The molecule has 20 heavy (non-hydrogen) atoms. The Morgan fingerprint density at radius 2 is 1.85 bits per heavy atom. The highest BCUT2D eigenvalue weighted by molar-refractivity contribution is 6.02. The fourth-order valence-corrected chi connectivity index (χ4v) is 2.53. The summed E-state index contributed by atoms with van der Waals surface area (Å²) in [6, 6.07) is 6.29. The van der Waals surface area contributed by atoms with Gasteiger partial charge < -0.3 is 4.57 Å². The Bertz CT molecular complexity index is 623. The van der Waals surface area contributed by atoms with Crippen molar-refractivity contribution in [3.63, 3.8) is 0 Å². The van der Waals surface area contributed by atoms with E-state index in [9.17, 15) is 9.18 Å². The predicted octanol–water partition coefficient (Wildman–Crippen LogP) is 4.46. The first-order valence-corrected chi connectivity index (χ1v) is 6.86. The zero-order chi connectivity index (χ0) is 14.9. The Morgan fingerprint density at radius 1 is 1.25 bits per heavy atom. The summed E-state index contributed by atoms with van der Waals surface area (Å²) >= 11 is 0. The molecule has 0 fully saturated rings. The van der Waals surface area contributed by atoms with Crippen molar-refractivity contribution in [1.29, 1.82) is 0 Å². The Kier molecular flexibility index (Phi) is 4.07. The van der Waals surface area contributed by atoms with E-state index < -0.39 is 0 Å². The molecule has 0 bridgehead atoms. The number of aromatic nitrogens is 1. The maximum atomic E-state index is 13.0. The molecule has 2 nitrogen and oxygen atoms in total. The first-order chi connectivity index (χ1) is 9.40. The summed E-state index contributed by atoms with van der Waals surface area (Å²) in [7, 11) is 0. The predicted molar refractivity (Wildman–Crippen MR) is 79.4 cm³/mol. The SMILES string of the molecule is CC(=O)c1c(-c2ccc(F)cc2)cn(CC(C)C)c1C. The molecule has 0 aliphatic rings. The molecule has 0 radical (unpaired) electrons. The molecule has 2 rings (SSSR count). The molecule has 1 aromatic heterocycles. The Morgan fingerprint density at radius 3 is 2.35 bits per heavy atom. The molecule has 0 aliphatic heterocycles. The number of halogens is 1. The Hall–Kier alpha value is -1.90. The summed E-state index contributed by atoms with van der Waals surface area (Å²) in [6.07, 6.45) is 2.00. The van der Waals surface area contributed by atoms with Crippen LogP contribution in [0.25, 0.3) is 11.1 Å². The molecule has 0 saturated carbocycles. The molecule has 0 atom stereocenters. The number of hydrogen-bond acceptors (Lipinski definition) is 1. The van der Waals surface area contributed by atoms with Gasteiger partial charge in [0.05, 0.1) is 0 Å². The number of ketones is 1. The molecule has 0 aliphatic carbocycles. The van der Waals surface area contributed by atoms with E-state index in [1.165, 1.54) is 12.1 Å². The zero-order valence-electron chi connectivity index (χ0n) is 12.4. The minimum Gasteiger partial charge on any atom is -0.350 e. The van der Waals surface area contributed by atoms with Crippen LogP contribution >= 0.6 is 0 Å². The number of benzene rings is 1. The van der Waals surface area contributed by atoms with E-state index in [2.05, 4.69) is 18.4 Å². The van der Waals surface area contributed by atoms with Crippen molar-refractivity contribution in [1.82, 2.24) is 4.57 Å². The van der Waals surface area contributed by atoms with Crippen molar-refractivity contribution in [2.75, 3.05) is 0 Å². The van der Waals surface area contributed by atoms with Gasteiger partial charge in [-0.05, 0) is 37.5 Å². The van der Waals surface area contributed by atoms with E-state index in [1.807, 2.05) is 13.1 Å². The van der Waals surface area contributed by atoms with E-state index in [1.54, 1.807) is 19.1 Å². The summed E-state index contributed by atoms with van der Waals surface area (Å²) in [5, 5.41) is 0. The molecule has 2 aromatic rings. The largest absolute Gasteiger partial charge is 0.350 e. The van der Waals surface area contributed by atoms with E-state index in [-0.39, 0.29) is 11.6 Å². The average molecular weight is 273 g/mol. The van der Waals surface area contributed by atoms with E-state index >= 15 is 0 Å². The van der Waals surface area contributed by atoms with Crippen molar-refractivity contribution in [2.24, 2.45) is 5.92 Å². The van der Waals surface area contributed by atoms with Crippen LogP contribution < -0.4 is 0 Å². The number of nitrogens with zero attached hydrogens (tertiary/aromatic N) is 1. The van der Waals surface area contributed by atoms with Crippen LogP contribution in [0.2, 0.25) is 0 Å². The smallest absolute Gasteiger partial charge is 0.162 e. The monoisotopic (exact) mass is 273 g/mol. The Labute approximate surface area is 119 Å². The average Bonchev–Trinajstić information content (AvgIpc) is 2.67. The molecular formula is C17H20FNO. The number of hydrogen-bond donors (Lipinski definition) is 0. The fraction of sp³-hybridized carbons (Fsp3) is 0.353. The van der Waals surface area contributed by atoms with Gasteiger partial charge >= 0.3 is 0 Å². The summed E-state index contributed by atoms with van der Waals surface area (Å²) in [4.78, 5) is 11.9. The van der Waals surface area contributed by atoms with E-state index in [0.29, 0.717) is 5.92 Å². The maximum absolute atomic E-state index is 13.0. The van der Waals surface area contributed by atoms with Crippen LogP contribution in [-0.2, 0) is 6.54 Å². The fourth-order valence-electron chi connectivity index (χ4n) is 2.53. The molecule has 3 heteroatoms. The lowest BCUT2D eigenvalue weighted by Crippen LogP contribution is -2.06. The van der Waals surface area contributed by atoms with Gasteiger partial charge in [0.25, 0.3) is 0 Å². The molecule has 106 valence electrons. The van der Waals surface area contributed by atoms with Gasteiger partial charge in [0.15, 0.2) is 5.78 Å². The Balaban J connectivity index is 2.56. The number of Topliss-reactive ketones (excluding diaryl/α,β-unsaturated/α-hetero) is 1. The van der Waals surface area contributed by atoms with Gasteiger partial charge in [-0.25, -0.2) is 4.39 Å². The second kappa shape index (κ2) is 5.61. The minimum absolute atomic E-state index is 0.0457. The lowest BCUT2D eigenvalue weighted by Gasteiger charge is -2.09. The minimum atomic E-state index is -0.267. The number of rotatable bonds is 4. The normalized spacial score (nSPS) is 11.1. The molecule has 0 saturated heterocycles. The highest BCUT2D eigenvalue weighted by Crippen LogP contribution is 2.29. The molecule has 0 unspecified atom stereocenters. The van der Waals surface area contributed by atoms with E-state index in [0.717, 1.165) is 28.9 Å².